The van der Waals surface area contributed by atoms with Crippen LogP contribution in [0.2, 0.25) is 0 Å². The molecule has 2 rings (SSSR count). The SMILES string of the molecule is C(=C\C1CCCCC1)/[I+]c1ccccc1. The van der Waals surface area contributed by atoms with E-state index in [-0.39, 0.29) is 21.2 Å². The third-order valence-electron chi connectivity index (χ3n) is 2.92. The Labute approximate surface area is 103 Å². The maximum absolute atomic E-state index is 2.49. The van der Waals surface area contributed by atoms with Crippen molar-refractivity contribution in [3.8, 4) is 0 Å². The Morgan fingerprint density at radius 3 is 2.47 bits per heavy atom. The van der Waals surface area contributed by atoms with Gasteiger partial charge in [-0.2, -0.15) is 0 Å². The maximum atomic E-state index is 2.49. The van der Waals surface area contributed by atoms with Gasteiger partial charge in [0.2, 0.25) is 0 Å². The van der Waals surface area contributed by atoms with Crippen LogP contribution < -0.4 is 21.2 Å². The Kier molecular flexibility index (Phi) is 4.71. The van der Waals surface area contributed by atoms with Gasteiger partial charge >= 0.3 is 21.2 Å². The zero-order valence-corrected chi connectivity index (χ0v) is 11.2. The minimum atomic E-state index is 0.119. The molecular weight excluding hydrogens is 295 g/mol. The second-order valence-corrected chi connectivity index (χ2v) is 6.71. The summed E-state index contributed by atoms with van der Waals surface area (Å²) < 4.78 is 3.99. The van der Waals surface area contributed by atoms with Gasteiger partial charge in [-0.3, -0.25) is 0 Å². The molecule has 1 heteroatoms. The molecule has 0 atom stereocenters. The lowest BCUT2D eigenvalue weighted by Crippen LogP contribution is -3.59. The third kappa shape index (κ3) is 3.98. The molecule has 0 amide bonds. The number of hydrogen-bond donors (Lipinski definition) is 0. The molecule has 15 heavy (non-hydrogen) atoms. The van der Waals surface area contributed by atoms with Crippen molar-refractivity contribution in [1.82, 2.24) is 0 Å². The summed E-state index contributed by atoms with van der Waals surface area (Å²) in [6.45, 7) is 0. The first-order chi connectivity index (χ1) is 7.45. The molecule has 0 nitrogen and oxygen atoms in total. The standard InChI is InChI=1S/C14H18I/c1-3-7-13(8-4-1)11-12-15-14-9-5-2-6-10-14/h2,5-6,9-13H,1,3-4,7-8H2/q+1/b12-11+. The lowest BCUT2D eigenvalue weighted by Gasteiger charge is -2.16. The quantitative estimate of drug-likeness (QED) is 0.732. The summed E-state index contributed by atoms with van der Waals surface area (Å²) in [7, 11) is 0. The van der Waals surface area contributed by atoms with Crippen LogP contribution in [0.15, 0.2) is 40.5 Å². The van der Waals surface area contributed by atoms with Crippen molar-refractivity contribution in [2.24, 2.45) is 5.92 Å². The Morgan fingerprint density at radius 2 is 1.73 bits per heavy atom. The van der Waals surface area contributed by atoms with Crippen molar-refractivity contribution >= 4 is 0 Å². The fourth-order valence-corrected chi connectivity index (χ4v) is 4.07. The molecule has 1 aromatic rings. The van der Waals surface area contributed by atoms with Crippen LogP contribution in [0.1, 0.15) is 32.1 Å². The van der Waals surface area contributed by atoms with Gasteiger partial charge in [0.1, 0.15) is 0 Å². The molecule has 0 heterocycles. The predicted octanol–water partition coefficient (Wildman–Crippen LogP) is 1.04. The van der Waals surface area contributed by atoms with E-state index in [0.29, 0.717) is 0 Å². The zero-order valence-electron chi connectivity index (χ0n) is 9.03. The fourth-order valence-electron chi connectivity index (χ4n) is 2.03. The molecule has 1 aliphatic carbocycles. The van der Waals surface area contributed by atoms with Crippen molar-refractivity contribution in [3.05, 3.63) is 44.1 Å². The fraction of sp³-hybridized carbons (Fsp3) is 0.429. The third-order valence-corrected chi connectivity index (χ3v) is 5.13. The van der Waals surface area contributed by atoms with Gasteiger partial charge in [0, 0.05) is 0 Å². The summed E-state index contributed by atoms with van der Waals surface area (Å²) in [6.07, 6.45) is 9.68. The molecule has 0 bridgehead atoms. The minimum Gasteiger partial charge on any atom is -0.0619 e. The molecule has 0 saturated heterocycles. The summed E-state index contributed by atoms with van der Waals surface area (Å²) in [5.41, 5.74) is 0. The van der Waals surface area contributed by atoms with Crippen LogP contribution in [-0.4, -0.2) is 0 Å². The average molecular weight is 313 g/mol. The van der Waals surface area contributed by atoms with Crippen LogP contribution in [0.5, 0.6) is 0 Å². The largest absolute Gasteiger partial charge is 0.349 e. The molecule has 0 N–H and O–H groups in total. The van der Waals surface area contributed by atoms with Gasteiger partial charge < -0.3 is 0 Å². The van der Waals surface area contributed by atoms with Gasteiger partial charge in [-0.1, -0.05) is 37.5 Å². The molecule has 80 valence electrons. The first kappa shape index (κ1) is 11.2. The summed E-state index contributed by atoms with van der Waals surface area (Å²) in [5, 5.41) is 0. The van der Waals surface area contributed by atoms with E-state index in [1.165, 1.54) is 35.7 Å². The van der Waals surface area contributed by atoms with Crippen LogP contribution in [0.25, 0.3) is 0 Å². The van der Waals surface area contributed by atoms with Gasteiger partial charge in [0.25, 0.3) is 0 Å². The van der Waals surface area contributed by atoms with E-state index in [2.05, 4.69) is 40.5 Å². The van der Waals surface area contributed by atoms with Crippen molar-refractivity contribution in [2.75, 3.05) is 0 Å². The van der Waals surface area contributed by atoms with E-state index in [0.717, 1.165) is 5.92 Å². The minimum absolute atomic E-state index is 0.119. The van der Waals surface area contributed by atoms with E-state index in [1.807, 2.05) is 0 Å². The highest BCUT2D eigenvalue weighted by Gasteiger charge is 2.12. The lowest BCUT2D eigenvalue weighted by atomic mass is 9.90. The zero-order chi connectivity index (χ0) is 10.3. The summed E-state index contributed by atoms with van der Waals surface area (Å²) in [5.74, 6) is 0.891. The normalized spacial score (nSPS) is 18.4. The van der Waals surface area contributed by atoms with Crippen molar-refractivity contribution in [1.29, 1.82) is 0 Å². The molecule has 0 aromatic heterocycles. The Balaban J connectivity index is 1.79. The summed E-state index contributed by atoms with van der Waals surface area (Å²) in [6, 6.07) is 10.9. The average Bonchev–Trinajstić information content (AvgIpc) is 2.32. The lowest BCUT2D eigenvalue weighted by molar-refractivity contribution is -0.557. The summed E-state index contributed by atoms with van der Waals surface area (Å²) >= 11 is 0.119. The first-order valence-electron chi connectivity index (χ1n) is 5.80. The van der Waals surface area contributed by atoms with E-state index in [4.69, 9.17) is 0 Å². The highest BCUT2D eigenvalue weighted by Crippen LogP contribution is 2.23. The highest BCUT2D eigenvalue weighted by atomic mass is 127. The smallest absolute Gasteiger partial charge is 0.0619 e. The number of allylic oxidation sites excluding steroid dienone is 1. The number of rotatable bonds is 3. The number of halogens is 1. The monoisotopic (exact) mass is 313 g/mol. The Morgan fingerprint density at radius 1 is 1.00 bits per heavy atom. The first-order valence-corrected chi connectivity index (χ1v) is 8.13. The number of benzene rings is 1. The van der Waals surface area contributed by atoms with Gasteiger partial charge in [-0.15, -0.1) is 0 Å². The molecule has 1 saturated carbocycles. The van der Waals surface area contributed by atoms with E-state index >= 15 is 0 Å². The second-order valence-electron chi connectivity index (χ2n) is 4.12. The molecule has 1 aliphatic rings. The van der Waals surface area contributed by atoms with Gasteiger partial charge in [0.05, 0.1) is 0 Å². The van der Waals surface area contributed by atoms with Crippen molar-refractivity contribution in [2.45, 2.75) is 32.1 Å². The molecule has 1 fully saturated rings. The predicted molar refractivity (Wildman–Crippen MR) is 60.9 cm³/mol. The second kappa shape index (κ2) is 6.31. The van der Waals surface area contributed by atoms with Gasteiger partial charge in [-0.05, 0) is 37.0 Å². The van der Waals surface area contributed by atoms with Crippen LogP contribution >= 0.6 is 0 Å². The van der Waals surface area contributed by atoms with Crippen molar-refractivity contribution < 1.29 is 21.2 Å². The molecule has 0 radical (unpaired) electrons. The van der Waals surface area contributed by atoms with Crippen LogP contribution in [-0.2, 0) is 0 Å². The van der Waals surface area contributed by atoms with Gasteiger partial charge in [0.15, 0.2) is 7.65 Å². The molecule has 1 aromatic carbocycles. The summed E-state index contributed by atoms with van der Waals surface area (Å²) in [4.78, 5) is 0. The Bertz CT molecular complexity index is 296. The van der Waals surface area contributed by atoms with Crippen LogP contribution in [0, 0.1) is 9.49 Å². The number of hydrogen-bond acceptors (Lipinski definition) is 0. The van der Waals surface area contributed by atoms with E-state index in [9.17, 15) is 0 Å². The topological polar surface area (TPSA) is 0 Å². The van der Waals surface area contributed by atoms with Crippen molar-refractivity contribution in [3.63, 3.8) is 0 Å². The molecular formula is C14H18I+. The van der Waals surface area contributed by atoms with Crippen LogP contribution in [0.3, 0.4) is 0 Å². The maximum Gasteiger partial charge on any atom is 0.349 e. The molecule has 0 unspecified atom stereocenters. The van der Waals surface area contributed by atoms with Crippen LogP contribution in [0.4, 0.5) is 0 Å². The molecule has 0 aliphatic heterocycles. The molecule has 0 spiro atoms. The highest BCUT2D eigenvalue weighted by molar-refractivity contribution is 4.99. The van der Waals surface area contributed by atoms with E-state index < -0.39 is 0 Å². The Hall–Kier alpha value is -0.310. The van der Waals surface area contributed by atoms with E-state index in [1.54, 1.807) is 0 Å². The van der Waals surface area contributed by atoms with Gasteiger partial charge in [-0.25, -0.2) is 0 Å².